The Labute approximate surface area is 254 Å². The molecule has 0 spiro atoms. The van der Waals surface area contributed by atoms with Gasteiger partial charge in [-0.1, -0.05) is 47.5 Å². The first-order chi connectivity index (χ1) is 20.3. The van der Waals surface area contributed by atoms with Crippen LogP contribution in [0, 0.1) is 10.1 Å². The van der Waals surface area contributed by atoms with E-state index in [-0.39, 0.29) is 18.2 Å². The van der Waals surface area contributed by atoms with E-state index < -0.39 is 4.92 Å². The third kappa shape index (κ3) is 7.49. The van der Waals surface area contributed by atoms with Crippen LogP contribution < -0.4 is 15.5 Å². The highest BCUT2D eigenvalue weighted by Gasteiger charge is 2.10. The van der Waals surface area contributed by atoms with Gasteiger partial charge in [0.1, 0.15) is 12.4 Å². The third-order valence-corrected chi connectivity index (χ3v) is 7.20. The largest absolute Gasteiger partial charge is 0.487 e. The molecule has 5 aromatic rings. The van der Waals surface area contributed by atoms with Crippen molar-refractivity contribution in [2.75, 3.05) is 5.32 Å². The fourth-order valence-electron chi connectivity index (χ4n) is 3.78. The Morgan fingerprint density at radius 1 is 1.02 bits per heavy atom. The number of hydrazone groups is 1. The second-order valence-corrected chi connectivity index (χ2v) is 10.6. The molecule has 0 unspecified atom stereocenters. The van der Waals surface area contributed by atoms with Crippen molar-refractivity contribution >= 4 is 63.2 Å². The molecule has 0 aliphatic rings. The van der Waals surface area contributed by atoms with Crippen LogP contribution in [0.4, 0.5) is 16.5 Å². The normalized spacial score (nSPS) is 10.9. The highest BCUT2D eigenvalue weighted by Crippen LogP contribution is 2.28. The standard InChI is InChI=1S/C30H21Cl2N5O4S/c31-23-9-11-24(12-10-23)34-30-35-27(18-42-30)21-5-7-22(8-6-21)29(38)36-33-16-19-4-13-28(26(32)15-19)41-17-20-2-1-3-25(14-20)37(39)40/h1-16,18H,17H2,(H,34,35)(H,36,38)/b33-16-. The van der Waals surface area contributed by atoms with Crippen molar-refractivity contribution < 1.29 is 14.5 Å². The molecule has 42 heavy (non-hydrogen) atoms. The number of aromatic nitrogens is 1. The maximum atomic E-state index is 12.6. The summed E-state index contributed by atoms with van der Waals surface area (Å²) in [6, 6.07) is 25.6. The van der Waals surface area contributed by atoms with E-state index in [2.05, 4.69) is 20.8 Å². The van der Waals surface area contributed by atoms with E-state index in [4.69, 9.17) is 27.9 Å². The van der Waals surface area contributed by atoms with Crippen molar-refractivity contribution in [2.45, 2.75) is 6.61 Å². The van der Waals surface area contributed by atoms with Gasteiger partial charge in [0.15, 0.2) is 5.13 Å². The van der Waals surface area contributed by atoms with Crippen molar-refractivity contribution in [2.24, 2.45) is 5.10 Å². The number of halogens is 2. The Balaban J connectivity index is 1.14. The van der Waals surface area contributed by atoms with Crippen LogP contribution in [0.1, 0.15) is 21.5 Å². The Kier molecular flexibility index (Phi) is 9.08. The molecule has 12 heteroatoms. The molecule has 0 atom stereocenters. The zero-order valence-electron chi connectivity index (χ0n) is 21.7. The van der Waals surface area contributed by atoms with Gasteiger partial charge in [0, 0.05) is 39.3 Å². The van der Waals surface area contributed by atoms with Crippen molar-refractivity contribution in [1.29, 1.82) is 0 Å². The van der Waals surface area contributed by atoms with Gasteiger partial charge >= 0.3 is 0 Å². The highest BCUT2D eigenvalue weighted by atomic mass is 35.5. The number of ether oxygens (including phenoxy) is 1. The predicted octanol–water partition coefficient (Wildman–Crippen LogP) is 8.11. The fraction of sp³-hybridized carbons (Fsp3) is 0.0333. The van der Waals surface area contributed by atoms with Gasteiger partial charge in [-0.25, -0.2) is 10.4 Å². The van der Waals surface area contributed by atoms with Crippen LogP contribution in [0.3, 0.4) is 0 Å². The zero-order chi connectivity index (χ0) is 29.5. The van der Waals surface area contributed by atoms with E-state index in [1.54, 1.807) is 54.6 Å². The number of thiazole rings is 1. The summed E-state index contributed by atoms with van der Waals surface area (Å²) in [5.41, 5.74) is 6.77. The summed E-state index contributed by atoms with van der Waals surface area (Å²) < 4.78 is 5.71. The molecule has 1 amide bonds. The number of anilines is 2. The number of nitro benzene ring substituents is 1. The van der Waals surface area contributed by atoms with E-state index in [1.807, 2.05) is 29.6 Å². The summed E-state index contributed by atoms with van der Waals surface area (Å²) in [4.78, 5) is 27.7. The van der Waals surface area contributed by atoms with E-state index in [9.17, 15) is 14.9 Å². The van der Waals surface area contributed by atoms with Crippen LogP contribution in [-0.2, 0) is 6.61 Å². The smallest absolute Gasteiger partial charge is 0.271 e. The van der Waals surface area contributed by atoms with Gasteiger partial charge in [-0.3, -0.25) is 14.9 Å². The number of rotatable bonds is 10. The number of carbonyl (C=O) groups is 1. The lowest BCUT2D eigenvalue weighted by Gasteiger charge is -2.08. The van der Waals surface area contributed by atoms with Crippen molar-refractivity contribution in [3.05, 3.63) is 133 Å². The summed E-state index contributed by atoms with van der Waals surface area (Å²) in [6.07, 6.45) is 1.47. The lowest BCUT2D eigenvalue weighted by Crippen LogP contribution is -2.17. The molecular weight excluding hydrogens is 597 g/mol. The number of nitrogens with one attached hydrogen (secondary N) is 2. The molecule has 0 radical (unpaired) electrons. The monoisotopic (exact) mass is 617 g/mol. The topological polar surface area (TPSA) is 119 Å². The first-order valence-corrected chi connectivity index (χ1v) is 14.1. The molecule has 0 fully saturated rings. The fourth-order valence-corrected chi connectivity index (χ4v) is 4.89. The molecular formula is C30H21Cl2N5O4S. The van der Waals surface area contributed by atoms with Gasteiger partial charge in [0.25, 0.3) is 11.6 Å². The van der Waals surface area contributed by atoms with Crippen molar-refractivity contribution in [3.63, 3.8) is 0 Å². The quantitative estimate of drug-likeness (QED) is 0.0927. The molecule has 0 aliphatic heterocycles. The molecule has 5 rings (SSSR count). The van der Waals surface area contributed by atoms with Crippen LogP contribution in [0.15, 0.2) is 101 Å². The number of hydrogen-bond donors (Lipinski definition) is 2. The molecule has 1 heterocycles. The Bertz CT molecular complexity index is 1760. The SMILES string of the molecule is O=C(N/N=C\c1ccc(OCc2cccc([N+](=O)[O-])c2)c(Cl)c1)c1ccc(-c2csc(Nc3ccc(Cl)cc3)n2)cc1. The van der Waals surface area contributed by atoms with Crippen LogP contribution >= 0.6 is 34.5 Å². The molecule has 0 saturated heterocycles. The van der Waals surface area contributed by atoms with Crippen LogP contribution in [-0.4, -0.2) is 22.0 Å². The molecule has 0 saturated carbocycles. The second-order valence-electron chi connectivity index (χ2n) is 8.85. The highest BCUT2D eigenvalue weighted by molar-refractivity contribution is 7.14. The minimum absolute atomic E-state index is 0.0106. The lowest BCUT2D eigenvalue weighted by atomic mass is 10.1. The summed E-state index contributed by atoms with van der Waals surface area (Å²) in [5, 5.41) is 21.9. The van der Waals surface area contributed by atoms with E-state index >= 15 is 0 Å². The van der Waals surface area contributed by atoms with Crippen molar-refractivity contribution in [1.82, 2.24) is 10.4 Å². The van der Waals surface area contributed by atoms with E-state index in [1.165, 1.54) is 29.7 Å². The zero-order valence-corrected chi connectivity index (χ0v) is 24.0. The second kappa shape index (κ2) is 13.3. The maximum absolute atomic E-state index is 12.6. The first-order valence-electron chi connectivity index (χ1n) is 12.4. The Hall–Kier alpha value is -4.77. The summed E-state index contributed by atoms with van der Waals surface area (Å²) in [5.74, 6) is 0.0432. The number of benzene rings is 4. The first kappa shape index (κ1) is 28.7. The average molecular weight is 619 g/mol. The van der Waals surface area contributed by atoms with Crippen molar-refractivity contribution in [3.8, 4) is 17.0 Å². The van der Waals surface area contributed by atoms with E-state index in [0.717, 1.165) is 22.1 Å². The summed E-state index contributed by atoms with van der Waals surface area (Å²) in [7, 11) is 0. The number of hydrogen-bond acceptors (Lipinski definition) is 8. The molecule has 9 nitrogen and oxygen atoms in total. The van der Waals surface area contributed by atoms with Gasteiger partial charge in [-0.05, 0) is 65.7 Å². The number of nitrogens with zero attached hydrogens (tertiary/aromatic N) is 3. The number of non-ortho nitro benzene ring substituents is 1. The molecule has 1 aromatic heterocycles. The average Bonchev–Trinajstić information content (AvgIpc) is 3.46. The number of carbonyl (C=O) groups excluding carboxylic acids is 1. The lowest BCUT2D eigenvalue weighted by molar-refractivity contribution is -0.384. The number of amides is 1. The third-order valence-electron chi connectivity index (χ3n) is 5.89. The molecule has 210 valence electrons. The van der Waals surface area contributed by atoms with Crippen LogP contribution in [0.25, 0.3) is 11.3 Å². The minimum Gasteiger partial charge on any atom is -0.487 e. The molecule has 0 aliphatic carbocycles. The van der Waals surface area contributed by atoms with Crippen LogP contribution in [0.2, 0.25) is 10.0 Å². The number of nitro groups is 1. The van der Waals surface area contributed by atoms with E-state index in [0.29, 0.717) is 32.5 Å². The summed E-state index contributed by atoms with van der Waals surface area (Å²) in [6.45, 7) is 0.119. The Morgan fingerprint density at radius 2 is 1.81 bits per heavy atom. The van der Waals surface area contributed by atoms with Gasteiger partial charge in [-0.2, -0.15) is 5.10 Å². The molecule has 2 N–H and O–H groups in total. The minimum atomic E-state index is -0.459. The maximum Gasteiger partial charge on any atom is 0.271 e. The van der Waals surface area contributed by atoms with Crippen LogP contribution in [0.5, 0.6) is 5.75 Å². The predicted molar refractivity (Wildman–Crippen MR) is 166 cm³/mol. The molecule has 4 aromatic carbocycles. The molecule has 0 bridgehead atoms. The van der Waals surface area contributed by atoms with Gasteiger partial charge in [-0.15, -0.1) is 11.3 Å². The Morgan fingerprint density at radius 3 is 2.55 bits per heavy atom. The van der Waals surface area contributed by atoms with Gasteiger partial charge < -0.3 is 10.1 Å². The van der Waals surface area contributed by atoms with Gasteiger partial charge in [0.2, 0.25) is 0 Å². The van der Waals surface area contributed by atoms with Gasteiger partial charge in [0.05, 0.1) is 21.9 Å². The summed E-state index contributed by atoms with van der Waals surface area (Å²) >= 11 is 13.7.